The maximum Gasteiger partial charge on any atom is 0.315 e. The van der Waals surface area contributed by atoms with E-state index in [-0.39, 0.29) is 12.4 Å². The van der Waals surface area contributed by atoms with Gasteiger partial charge in [-0.1, -0.05) is 30.3 Å². The highest BCUT2D eigenvalue weighted by Gasteiger charge is 2.20. The summed E-state index contributed by atoms with van der Waals surface area (Å²) in [5.41, 5.74) is 3.56. The van der Waals surface area contributed by atoms with E-state index in [1.54, 1.807) is 6.07 Å². The number of hydrogen-bond donors (Lipinski definition) is 1. The summed E-state index contributed by atoms with van der Waals surface area (Å²) in [6.07, 6.45) is 1.47. The van der Waals surface area contributed by atoms with Crippen LogP contribution in [0, 0.1) is 5.82 Å². The molecule has 6 nitrogen and oxygen atoms in total. The first-order valence-electron chi connectivity index (χ1n) is 7.63. The van der Waals surface area contributed by atoms with Gasteiger partial charge in [0, 0.05) is 25.3 Å². The minimum absolute atomic E-state index is 0.253. The molecule has 2 aromatic carbocycles. The van der Waals surface area contributed by atoms with Crippen LogP contribution in [0.15, 0.2) is 60.5 Å². The molecule has 1 aliphatic heterocycles. The monoisotopic (exact) mass is 347 g/mol. The number of nitrogens with one attached hydrogen (secondary N) is 1. The average Bonchev–Trinajstić information content (AvgIpc) is 3.08. The number of hydroxylamine groups is 1. The lowest BCUT2D eigenvalue weighted by Gasteiger charge is -2.10. The summed E-state index contributed by atoms with van der Waals surface area (Å²) in [6.45, 7) is -0.131. The topological polar surface area (TPSA) is 58.2 Å². The van der Waals surface area contributed by atoms with E-state index < -0.39 is 12.3 Å². The van der Waals surface area contributed by atoms with Crippen molar-refractivity contribution in [3.05, 3.63) is 71.9 Å². The van der Waals surface area contributed by atoms with Crippen LogP contribution in [-0.2, 0) is 20.8 Å². The molecule has 0 unspecified atom stereocenters. The first-order chi connectivity index (χ1) is 12.2. The summed E-state index contributed by atoms with van der Waals surface area (Å²) < 4.78 is 34.6. The smallest absolute Gasteiger partial charge is 0.315 e. The zero-order chi connectivity index (χ0) is 17.5. The van der Waals surface area contributed by atoms with E-state index in [0.29, 0.717) is 18.1 Å². The third-order valence-electron chi connectivity index (χ3n) is 3.29. The summed E-state index contributed by atoms with van der Waals surface area (Å²) in [7, 11) is 1.47. The van der Waals surface area contributed by atoms with Crippen LogP contribution in [0.2, 0.25) is 0 Å². The van der Waals surface area contributed by atoms with Crippen molar-refractivity contribution >= 4 is 0 Å². The molecule has 1 heterocycles. The van der Waals surface area contributed by atoms with Crippen LogP contribution in [0.1, 0.15) is 5.56 Å². The fourth-order valence-corrected chi connectivity index (χ4v) is 2.12. The van der Waals surface area contributed by atoms with E-state index in [2.05, 4.69) is 5.48 Å². The van der Waals surface area contributed by atoms with Crippen LogP contribution in [0.25, 0.3) is 0 Å². The molecule has 0 saturated carbocycles. The van der Waals surface area contributed by atoms with Gasteiger partial charge in [-0.05, 0) is 5.56 Å². The lowest BCUT2D eigenvalue weighted by atomic mass is 10.2. The standard InChI is InChI=1S/C18H18FNO5/c1-21-18-23-12-17(24-18)10-20-25-16-8-14(19)7-15(9-16)22-11-13-5-3-2-4-6-13/h2-10,18,20H,11-12H2,1H3/t18-/m0/s1. The van der Waals surface area contributed by atoms with Gasteiger partial charge < -0.3 is 23.8 Å². The fraction of sp³-hybridized carbons (Fsp3) is 0.222. The molecule has 1 fully saturated rings. The summed E-state index contributed by atoms with van der Waals surface area (Å²) in [4.78, 5) is 5.29. The number of halogens is 1. The Balaban J connectivity index is 1.55. The Morgan fingerprint density at radius 1 is 1.20 bits per heavy atom. The maximum atomic E-state index is 13.7. The molecule has 0 aromatic heterocycles. The van der Waals surface area contributed by atoms with Gasteiger partial charge in [-0.15, -0.1) is 0 Å². The van der Waals surface area contributed by atoms with Crippen LogP contribution >= 0.6 is 0 Å². The molecule has 0 radical (unpaired) electrons. The quantitative estimate of drug-likeness (QED) is 0.777. The second kappa shape index (κ2) is 8.36. The van der Waals surface area contributed by atoms with Crippen molar-refractivity contribution in [3.63, 3.8) is 0 Å². The Labute approximate surface area is 144 Å². The Hall–Kier alpha value is -2.77. The largest absolute Gasteiger partial charge is 0.489 e. The van der Waals surface area contributed by atoms with Gasteiger partial charge in [-0.2, -0.15) is 0 Å². The lowest BCUT2D eigenvalue weighted by molar-refractivity contribution is -0.208. The molecule has 1 saturated heterocycles. The van der Waals surface area contributed by atoms with E-state index in [4.69, 9.17) is 23.8 Å². The summed E-state index contributed by atoms with van der Waals surface area (Å²) >= 11 is 0. The predicted octanol–water partition coefficient (Wildman–Crippen LogP) is 3.11. The van der Waals surface area contributed by atoms with Crippen molar-refractivity contribution < 1.29 is 28.2 Å². The van der Waals surface area contributed by atoms with Crippen LogP contribution in [-0.4, -0.2) is 20.2 Å². The maximum absolute atomic E-state index is 13.7. The molecule has 132 valence electrons. The van der Waals surface area contributed by atoms with Gasteiger partial charge in [-0.3, -0.25) is 0 Å². The number of rotatable bonds is 7. The molecular weight excluding hydrogens is 329 g/mol. The van der Waals surface area contributed by atoms with Crippen molar-refractivity contribution in [2.75, 3.05) is 13.7 Å². The van der Waals surface area contributed by atoms with Gasteiger partial charge in [0.2, 0.25) is 0 Å². The fourth-order valence-electron chi connectivity index (χ4n) is 2.12. The normalized spacial score (nSPS) is 18.0. The Morgan fingerprint density at radius 2 is 2.00 bits per heavy atom. The molecule has 25 heavy (non-hydrogen) atoms. The highest BCUT2D eigenvalue weighted by molar-refractivity contribution is 5.34. The lowest BCUT2D eigenvalue weighted by Crippen LogP contribution is -2.13. The van der Waals surface area contributed by atoms with E-state index in [9.17, 15) is 4.39 Å². The molecule has 1 atom stereocenters. The zero-order valence-corrected chi connectivity index (χ0v) is 13.6. The number of hydrogen-bond acceptors (Lipinski definition) is 6. The average molecular weight is 347 g/mol. The SMILES string of the molecule is CO[C@H]1OCC(=CNOc2cc(F)cc(OCc3ccccc3)c2)O1. The summed E-state index contributed by atoms with van der Waals surface area (Å²) in [5.74, 6) is 0.675. The van der Waals surface area contributed by atoms with Gasteiger partial charge >= 0.3 is 6.48 Å². The van der Waals surface area contributed by atoms with E-state index in [1.165, 1.54) is 25.4 Å². The Bertz CT molecular complexity index is 723. The van der Waals surface area contributed by atoms with E-state index in [0.717, 1.165) is 5.56 Å². The minimum Gasteiger partial charge on any atom is -0.489 e. The van der Waals surface area contributed by atoms with Crippen molar-refractivity contribution in [2.45, 2.75) is 13.1 Å². The number of benzene rings is 2. The Kier molecular flexibility index (Phi) is 5.71. The molecule has 3 rings (SSSR count). The molecular formula is C18H18FNO5. The Morgan fingerprint density at radius 3 is 2.76 bits per heavy atom. The third kappa shape index (κ3) is 5.10. The van der Waals surface area contributed by atoms with Crippen molar-refractivity contribution in [1.82, 2.24) is 5.48 Å². The van der Waals surface area contributed by atoms with E-state index >= 15 is 0 Å². The first-order valence-corrected chi connectivity index (χ1v) is 7.63. The minimum atomic E-state index is -0.722. The highest BCUT2D eigenvalue weighted by atomic mass is 19.1. The third-order valence-corrected chi connectivity index (χ3v) is 3.29. The van der Waals surface area contributed by atoms with E-state index in [1.807, 2.05) is 30.3 Å². The molecule has 1 N–H and O–H groups in total. The zero-order valence-electron chi connectivity index (χ0n) is 13.6. The van der Waals surface area contributed by atoms with Crippen molar-refractivity contribution in [3.8, 4) is 11.5 Å². The molecule has 0 spiro atoms. The van der Waals surface area contributed by atoms with Gasteiger partial charge in [0.25, 0.3) is 0 Å². The second-order valence-electron chi connectivity index (χ2n) is 5.18. The molecule has 0 bridgehead atoms. The summed E-state index contributed by atoms with van der Waals surface area (Å²) in [6, 6.07) is 13.7. The highest BCUT2D eigenvalue weighted by Crippen LogP contribution is 2.23. The van der Waals surface area contributed by atoms with Crippen molar-refractivity contribution in [1.29, 1.82) is 0 Å². The van der Waals surface area contributed by atoms with Gasteiger partial charge in [0.05, 0.1) is 6.20 Å². The second-order valence-corrected chi connectivity index (χ2v) is 5.18. The predicted molar refractivity (Wildman–Crippen MR) is 86.9 cm³/mol. The number of ether oxygens (including phenoxy) is 4. The molecule has 7 heteroatoms. The van der Waals surface area contributed by atoms with Gasteiger partial charge in [0.1, 0.15) is 30.5 Å². The van der Waals surface area contributed by atoms with Crippen LogP contribution in [0.3, 0.4) is 0 Å². The number of methoxy groups -OCH3 is 1. The molecule has 2 aromatic rings. The van der Waals surface area contributed by atoms with Gasteiger partial charge in [0.15, 0.2) is 5.75 Å². The van der Waals surface area contributed by atoms with Crippen LogP contribution in [0.4, 0.5) is 4.39 Å². The van der Waals surface area contributed by atoms with Crippen LogP contribution < -0.4 is 15.1 Å². The molecule has 1 aliphatic rings. The first kappa shape index (κ1) is 17.1. The summed E-state index contributed by atoms with van der Waals surface area (Å²) in [5, 5.41) is 0. The molecule has 0 amide bonds. The van der Waals surface area contributed by atoms with Crippen molar-refractivity contribution in [2.24, 2.45) is 0 Å². The van der Waals surface area contributed by atoms with Crippen LogP contribution in [0.5, 0.6) is 11.5 Å². The molecule has 0 aliphatic carbocycles. The van der Waals surface area contributed by atoms with Gasteiger partial charge in [-0.25, -0.2) is 9.87 Å².